The van der Waals surface area contributed by atoms with E-state index in [-0.39, 0.29) is 12.2 Å². The lowest BCUT2D eigenvalue weighted by atomic mass is 9.96. The van der Waals surface area contributed by atoms with Crippen molar-refractivity contribution in [2.24, 2.45) is 5.92 Å². The van der Waals surface area contributed by atoms with Crippen molar-refractivity contribution in [2.75, 3.05) is 32.9 Å². The molecule has 0 aromatic heterocycles. The molecule has 0 N–H and O–H groups in total. The highest BCUT2D eigenvalue weighted by atomic mass is 16.7. The van der Waals surface area contributed by atoms with Gasteiger partial charge < -0.3 is 19.1 Å². The summed E-state index contributed by atoms with van der Waals surface area (Å²) >= 11 is 0. The lowest BCUT2D eigenvalue weighted by molar-refractivity contribution is -0.137. The molecule has 0 bridgehead atoms. The van der Waals surface area contributed by atoms with Gasteiger partial charge in [0.25, 0.3) is 0 Å². The molecule has 2 fully saturated rings. The summed E-state index contributed by atoms with van der Waals surface area (Å²) in [5.74, 6) is 1.43. The highest BCUT2D eigenvalue weighted by Crippen LogP contribution is 2.26. The smallest absolute Gasteiger partial charge is 0.225 e. The summed E-state index contributed by atoms with van der Waals surface area (Å²) < 4.78 is 16.9. The molecule has 0 saturated carbocycles. The van der Waals surface area contributed by atoms with Gasteiger partial charge in [0.05, 0.1) is 26.2 Å². The van der Waals surface area contributed by atoms with Gasteiger partial charge in [-0.3, -0.25) is 4.79 Å². The van der Waals surface area contributed by atoms with Crippen LogP contribution < -0.4 is 4.74 Å². The number of likely N-dealkylation sites (tertiary alicyclic amines) is 1. The van der Waals surface area contributed by atoms with Gasteiger partial charge in [-0.2, -0.15) is 0 Å². The van der Waals surface area contributed by atoms with Gasteiger partial charge in [0, 0.05) is 19.0 Å². The van der Waals surface area contributed by atoms with E-state index >= 15 is 0 Å². The van der Waals surface area contributed by atoms with Crippen molar-refractivity contribution in [3.05, 3.63) is 29.3 Å². The number of hydrogen-bond acceptors (Lipinski definition) is 4. The van der Waals surface area contributed by atoms with Crippen LogP contribution in [0.2, 0.25) is 0 Å². The summed E-state index contributed by atoms with van der Waals surface area (Å²) in [4.78, 5) is 14.3. The van der Waals surface area contributed by atoms with E-state index in [4.69, 9.17) is 14.2 Å². The van der Waals surface area contributed by atoms with Crippen LogP contribution in [0.15, 0.2) is 18.2 Å². The Morgan fingerprint density at radius 2 is 1.88 bits per heavy atom. The molecule has 1 amide bonds. The number of hydrogen-bond donors (Lipinski definition) is 0. The van der Waals surface area contributed by atoms with Gasteiger partial charge in [-0.1, -0.05) is 6.07 Å². The van der Waals surface area contributed by atoms with Gasteiger partial charge in [0.2, 0.25) is 5.91 Å². The van der Waals surface area contributed by atoms with E-state index in [1.165, 1.54) is 11.1 Å². The number of carbonyl (C=O) groups is 1. The number of rotatable bonds is 5. The third kappa shape index (κ3) is 4.28. The van der Waals surface area contributed by atoms with E-state index < -0.39 is 0 Å². The Kier molecular flexibility index (Phi) is 5.74. The number of benzene rings is 1. The first-order valence-corrected chi connectivity index (χ1v) is 8.84. The monoisotopic (exact) mass is 333 g/mol. The molecule has 0 radical (unpaired) electrons. The van der Waals surface area contributed by atoms with Crippen molar-refractivity contribution in [1.29, 1.82) is 0 Å². The van der Waals surface area contributed by atoms with Gasteiger partial charge in [-0.25, -0.2) is 0 Å². The molecule has 0 spiro atoms. The number of amides is 1. The number of ether oxygens (including phenoxy) is 3. The van der Waals surface area contributed by atoms with Crippen LogP contribution in [0.4, 0.5) is 0 Å². The normalized spacial score (nSPS) is 19.7. The van der Waals surface area contributed by atoms with Gasteiger partial charge in [0.1, 0.15) is 5.75 Å². The maximum absolute atomic E-state index is 12.3. The molecule has 2 aliphatic heterocycles. The number of aryl methyl sites for hydroxylation is 2. The Balaban J connectivity index is 1.38. The highest BCUT2D eigenvalue weighted by Gasteiger charge is 2.31. The summed E-state index contributed by atoms with van der Waals surface area (Å²) in [5.41, 5.74) is 2.45. The first-order valence-electron chi connectivity index (χ1n) is 8.84. The number of nitrogens with zero attached hydrogens (tertiary/aromatic N) is 1. The largest absolute Gasteiger partial charge is 0.493 e. The van der Waals surface area contributed by atoms with E-state index in [1.807, 2.05) is 23.1 Å². The highest BCUT2D eigenvalue weighted by molar-refractivity contribution is 5.76. The minimum atomic E-state index is -0.0598. The second-order valence-corrected chi connectivity index (χ2v) is 6.67. The molecule has 0 unspecified atom stereocenters. The topological polar surface area (TPSA) is 48.0 Å². The van der Waals surface area contributed by atoms with Crippen LogP contribution in [0.3, 0.4) is 0 Å². The SMILES string of the molecule is Cc1ccc(OCCC(=O)N2CCC(C3OCCO3)CC2)cc1C. The van der Waals surface area contributed by atoms with Crippen LogP contribution in [0.1, 0.15) is 30.4 Å². The van der Waals surface area contributed by atoms with Crippen molar-refractivity contribution in [3.63, 3.8) is 0 Å². The maximum atomic E-state index is 12.3. The average Bonchev–Trinajstić information content (AvgIpc) is 3.13. The molecule has 2 aliphatic rings. The molecular weight excluding hydrogens is 306 g/mol. The first kappa shape index (κ1) is 17.2. The van der Waals surface area contributed by atoms with Crippen molar-refractivity contribution >= 4 is 5.91 Å². The zero-order valence-corrected chi connectivity index (χ0v) is 14.6. The Labute approximate surface area is 143 Å². The lowest BCUT2D eigenvalue weighted by Gasteiger charge is -2.33. The minimum Gasteiger partial charge on any atom is -0.493 e. The summed E-state index contributed by atoms with van der Waals surface area (Å²) in [7, 11) is 0. The summed E-state index contributed by atoms with van der Waals surface area (Å²) in [6.07, 6.45) is 2.27. The fraction of sp³-hybridized carbons (Fsp3) is 0.632. The van der Waals surface area contributed by atoms with Crippen molar-refractivity contribution in [3.8, 4) is 5.75 Å². The molecule has 1 aromatic rings. The zero-order chi connectivity index (χ0) is 16.9. The zero-order valence-electron chi connectivity index (χ0n) is 14.6. The third-order valence-electron chi connectivity index (χ3n) is 4.99. The fourth-order valence-electron chi connectivity index (χ4n) is 3.29. The summed E-state index contributed by atoms with van der Waals surface area (Å²) in [6.45, 7) is 7.53. The molecule has 5 heteroatoms. The molecule has 132 valence electrons. The van der Waals surface area contributed by atoms with E-state index in [0.717, 1.165) is 31.7 Å². The van der Waals surface area contributed by atoms with E-state index in [1.54, 1.807) is 0 Å². The minimum absolute atomic E-state index is 0.0598. The molecule has 0 atom stereocenters. The molecular formula is C19H27NO4. The molecule has 24 heavy (non-hydrogen) atoms. The van der Waals surface area contributed by atoms with Crippen LogP contribution in [-0.2, 0) is 14.3 Å². The van der Waals surface area contributed by atoms with Gasteiger partial charge >= 0.3 is 0 Å². The van der Waals surface area contributed by atoms with Gasteiger partial charge in [0.15, 0.2) is 6.29 Å². The van der Waals surface area contributed by atoms with E-state index in [0.29, 0.717) is 32.2 Å². The van der Waals surface area contributed by atoms with Crippen LogP contribution in [-0.4, -0.2) is 50.0 Å². The van der Waals surface area contributed by atoms with Crippen LogP contribution in [0, 0.1) is 19.8 Å². The first-order chi connectivity index (χ1) is 11.6. The standard InChI is InChI=1S/C19H27NO4/c1-14-3-4-17(13-15(14)2)22-10-7-18(21)20-8-5-16(6-9-20)19-23-11-12-24-19/h3-4,13,16,19H,5-12H2,1-2H3. The van der Waals surface area contributed by atoms with Crippen molar-refractivity contribution in [2.45, 2.75) is 39.4 Å². The predicted octanol–water partition coefficient (Wildman–Crippen LogP) is 2.68. The predicted molar refractivity (Wildman–Crippen MR) is 91.0 cm³/mol. The second kappa shape index (κ2) is 7.99. The number of piperidine rings is 1. The van der Waals surface area contributed by atoms with Crippen LogP contribution in [0.5, 0.6) is 5.75 Å². The fourth-order valence-corrected chi connectivity index (χ4v) is 3.29. The third-order valence-corrected chi connectivity index (χ3v) is 4.99. The Morgan fingerprint density at radius 1 is 1.17 bits per heavy atom. The van der Waals surface area contributed by atoms with Gasteiger partial charge in [-0.15, -0.1) is 0 Å². The second-order valence-electron chi connectivity index (χ2n) is 6.67. The summed E-state index contributed by atoms with van der Waals surface area (Å²) in [6, 6.07) is 6.03. The Hall–Kier alpha value is -1.59. The van der Waals surface area contributed by atoms with Gasteiger partial charge in [-0.05, 0) is 49.9 Å². The molecule has 0 aliphatic carbocycles. The lowest BCUT2D eigenvalue weighted by Crippen LogP contribution is -2.41. The molecule has 3 rings (SSSR count). The quantitative estimate of drug-likeness (QED) is 0.831. The maximum Gasteiger partial charge on any atom is 0.225 e. The molecule has 5 nitrogen and oxygen atoms in total. The van der Waals surface area contributed by atoms with Crippen LogP contribution >= 0.6 is 0 Å². The summed E-state index contributed by atoms with van der Waals surface area (Å²) in [5, 5.41) is 0. The van der Waals surface area contributed by atoms with Crippen molar-refractivity contribution in [1.82, 2.24) is 4.90 Å². The molecule has 2 heterocycles. The van der Waals surface area contributed by atoms with Crippen molar-refractivity contribution < 1.29 is 19.0 Å². The van der Waals surface area contributed by atoms with Crippen LogP contribution in [0.25, 0.3) is 0 Å². The molecule has 1 aromatic carbocycles. The van der Waals surface area contributed by atoms with E-state index in [9.17, 15) is 4.79 Å². The number of carbonyl (C=O) groups excluding carboxylic acids is 1. The molecule has 2 saturated heterocycles. The Bertz CT molecular complexity index is 560. The Morgan fingerprint density at radius 3 is 2.54 bits per heavy atom. The average molecular weight is 333 g/mol. The van der Waals surface area contributed by atoms with E-state index in [2.05, 4.69) is 13.8 Å².